The Kier molecular flexibility index (Phi) is 2.97. The lowest BCUT2D eigenvalue weighted by Crippen LogP contribution is -2.17. The highest BCUT2D eigenvalue weighted by molar-refractivity contribution is 6.34. The van der Waals surface area contributed by atoms with Gasteiger partial charge in [-0.05, 0) is 12.1 Å². The molecule has 0 unspecified atom stereocenters. The molecule has 0 aliphatic heterocycles. The molecule has 70 valence electrons. The van der Waals surface area contributed by atoms with Gasteiger partial charge in [-0.1, -0.05) is 17.7 Å². The van der Waals surface area contributed by atoms with Gasteiger partial charge in [0, 0.05) is 12.6 Å². The van der Waals surface area contributed by atoms with E-state index in [0.29, 0.717) is 10.6 Å². The van der Waals surface area contributed by atoms with Gasteiger partial charge in [-0.2, -0.15) is 5.10 Å². The number of hydrogen-bond acceptors (Lipinski definition) is 3. The molecule has 0 atom stereocenters. The van der Waals surface area contributed by atoms with Crippen LogP contribution in [0.25, 0.3) is 0 Å². The molecule has 0 aliphatic rings. The van der Waals surface area contributed by atoms with Crippen molar-refractivity contribution in [1.29, 1.82) is 0 Å². The number of para-hydroxylation sites is 1. The van der Waals surface area contributed by atoms with Crippen molar-refractivity contribution in [3.8, 4) is 0 Å². The van der Waals surface area contributed by atoms with Crippen molar-refractivity contribution in [2.45, 2.75) is 0 Å². The highest BCUT2D eigenvalue weighted by Crippen LogP contribution is 2.24. The molecule has 0 aromatic heterocycles. The molecular formula is C8H11ClN4. The van der Waals surface area contributed by atoms with Crippen molar-refractivity contribution in [3.05, 3.63) is 28.8 Å². The second-order valence-electron chi connectivity index (χ2n) is 2.43. The molecule has 1 aromatic carbocycles. The van der Waals surface area contributed by atoms with Gasteiger partial charge in [-0.15, -0.1) is 0 Å². The zero-order valence-corrected chi connectivity index (χ0v) is 7.97. The van der Waals surface area contributed by atoms with Crippen LogP contribution in [-0.2, 0) is 0 Å². The van der Waals surface area contributed by atoms with E-state index in [-0.39, 0.29) is 5.84 Å². The van der Waals surface area contributed by atoms with E-state index in [1.54, 1.807) is 25.2 Å². The molecule has 1 rings (SSSR count). The number of nitrogens with zero attached hydrogens (tertiary/aromatic N) is 1. The van der Waals surface area contributed by atoms with Gasteiger partial charge < -0.3 is 16.9 Å². The lowest BCUT2D eigenvalue weighted by Gasteiger charge is -2.09. The van der Waals surface area contributed by atoms with Gasteiger partial charge in [0.1, 0.15) is 0 Å². The summed E-state index contributed by atoms with van der Waals surface area (Å²) in [5.41, 5.74) is 7.00. The molecule has 1 aromatic rings. The van der Waals surface area contributed by atoms with Crippen molar-refractivity contribution in [2.75, 3.05) is 12.4 Å². The fraction of sp³-hybridized carbons (Fsp3) is 0.125. The van der Waals surface area contributed by atoms with E-state index < -0.39 is 0 Å². The largest absolute Gasteiger partial charge is 0.386 e. The maximum absolute atomic E-state index is 5.92. The molecule has 0 fully saturated rings. The second kappa shape index (κ2) is 4.00. The van der Waals surface area contributed by atoms with Crippen molar-refractivity contribution in [2.24, 2.45) is 16.7 Å². The highest BCUT2D eigenvalue weighted by Gasteiger charge is 2.07. The van der Waals surface area contributed by atoms with Crippen LogP contribution in [0.5, 0.6) is 0 Å². The summed E-state index contributed by atoms with van der Waals surface area (Å²) in [7, 11) is 1.76. The predicted octanol–water partition coefficient (Wildman–Crippen LogP) is 0.961. The van der Waals surface area contributed by atoms with Gasteiger partial charge >= 0.3 is 0 Å². The molecule has 5 heteroatoms. The molecule has 0 bridgehead atoms. The summed E-state index contributed by atoms with van der Waals surface area (Å²) >= 11 is 5.92. The third-order valence-electron chi connectivity index (χ3n) is 1.68. The number of amidine groups is 1. The van der Waals surface area contributed by atoms with E-state index in [4.69, 9.17) is 23.2 Å². The van der Waals surface area contributed by atoms with Gasteiger partial charge in [0.05, 0.1) is 10.7 Å². The molecule has 0 heterocycles. The second-order valence-corrected chi connectivity index (χ2v) is 2.83. The monoisotopic (exact) mass is 198 g/mol. The van der Waals surface area contributed by atoms with Crippen LogP contribution in [0.1, 0.15) is 5.56 Å². The van der Waals surface area contributed by atoms with Crippen LogP contribution in [0.2, 0.25) is 5.02 Å². The summed E-state index contributed by atoms with van der Waals surface area (Å²) in [5, 5.41) is 6.92. The van der Waals surface area contributed by atoms with Crippen LogP contribution in [-0.4, -0.2) is 12.9 Å². The van der Waals surface area contributed by atoms with Gasteiger partial charge in [-0.3, -0.25) is 0 Å². The van der Waals surface area contributed by atoms with Crippen LogP contribution in [0, 0.1) is 0 Å². The first-order valence-electron chi connectivity index (χ1n) is 3.70. The topological polar surface area (TPSA) is 76.4 Å². The number of halogens is 1. The van der Waals surface area contributed by atoms with Crippen molar-refractivity contribution < 1.29 is 0 Å². The van der Waals surface area contributed by atoms with Crippen LogP contribution >= 0.6 is 11.6 Å². The lowest BCUT2D eigenvalue weighted by molar-refractivity contribution is 1.23. The molecular weight excluding hydrogens is 188 g/mol. The van der Waals surface area contributed by atoms with Crippen molar-refractivity contribution in [3.63, 3.8) is 0 Å². The van der Waals surface area contributed by atoms with Crippen LogP contribution in [0.3, 0.4) is 0 Å². The Hall–Kier alpha value is -1.42. The highest BCUT2D eigenvalue weighted by atomic mass is 35.5. The fourth-order valence-corrected chi connectivity index (χ4v) is 1.33. The first kappa shape index (κ1) is 9.67. The molecule has 0 amide bonds. The first-order valence-corrected chi connectivity index (χ1v) is 4.08. The summed E-state index contributed by atoms with van der Waals surface area (Å²) in [6.45, 7) is 0. The van der Waals surface area contributed by atoms with Crippen LogP contribution in [0.4, 0.5) is 5.69 Å². The zero-order chi connectivity index (χ0) is 9.84. The SMILES string of the molecule is CNc1c(Cl)cccc1/C(N)=N/N. The average molecular weight is 199 g/mol. The van der Waals surface area contributed by atoms with E-state index in [9.17, 15) is 0 Å². The predicted molar refractivity (Wildman–Crippen MR) is 55.9 cm³/mol. The van der Waals surface area contributed by atoms with Crippen LogP contribution < -0.4 is 16.9 Å². The molecule has 0 saturated carbocycles. The molecule has 0 aliphatic carbocycles. The van der Waals surface area contributed by atoms with E-state index in [1.165, 1.54) is 0 Å². The zero-order valence-electron chi connectivity index (χ0n) is 7.21. The summed E-state index contributed by atoms with van der Waals surface area (Å²) in [4.78, 5) is 0. The minimum atomic E-state index is 0.256. The van der Waals surface area contributed by atoms with Crippen molar-refractivity contribution in [1.82, 2.24) is 0 Å². The normalized spacial score (nSPS) is 11.4. The van der Waals surface area contributed by atoms with Gasteiger partial charge in [0.15, 0.2) is 5.84 Å². The van der Waals surface area contributed by atoms with E-state index >= 15 is 0 Å². The number of nitrogens with one attached hydrogen (secondary N) is 1. The summed E-state index contributed by atoms with van der Waals surface area (Å²) < 4.78 is 0. The van der Waals surface area contributed by atoms with Crippen molar-refractivity contribution >= 4 is 23.1 Å². The molecule has 5 N–H and O–H groups in total. The Morgan fingerprint density at radius 3 is 2.77 bits per heavy atom. The third kappa shape index (κ3) is 1.84. The number of benzene rings is 1. The van der Waals surface area contributed by atoms with E-state index in [0.717, 1.165) is 5.69 Å². The molecule has 0 spiro atoms. The Labute approximate surface area is 81.6 Å². The minimum Gasteiger partial charge on any atom is -0.386 e. The minimum absolute atomic E-state index is 0.256. The Balaban J connectivity index is 3.28. The summed E-state index contributed by atoms with van der Waals surface area (Å²) in [6.07, 6.45) is 0. The number of hydrogen-bond donors (Lipinski definition) is 3. The number of rotatable bonds is 2. The van der Waals surface area contributed by atoms with Gasteiger partial charge in [-0.25, -0.2) is 0 Å². The standard InChI is InChI=1S/C8H11ClN4/c1-12-7-5(8(10)13-11)3-2-4-6(7)9/h2-4,12H,11H2,1H3,(H2,10,13). The number of hydrazone groups is 1. The smallest absolute Gasteiger partial charge is 0.152 e. The average Bonchev–Trinajstić information content (AvgIpc) is 2.16. The third-order valence-corrected chi connectivity index (χ3v) is 1.99. The maximum atomic E-state index is 5.92. The first-order chi connectivity index (χ1) is 6.20. The van der Waals surface area contributed by atoms with Gasteiger partial charge in [0.25, 0.3) is 0 Å². The summed E-state index contributed by atoms with van der Waals surface area (Å²) in [6, 6.07) is 5.35. The quantitative estimate of drug-likeness (QED) is 0.287. The van der Waals surface area contributed by atoms with E-state index in [1.807, 2.05) is 0 Å². The van der Waals surface area contributed by atoms with E-state index in [2.05, 4.69) is 10.4 Å². The molecule has 0 saturated heterocycles. The number of anilines is 1. The maximum Gasteiger partial charge on any atom is 0.152 e. The Morgan fingerprint density at radius 1 is 1.54 bits per heavy atom. The lowest BCUT2D eigenvalue weighted by atomic mass is 10.1. The molecule has 0 radical (unpaired) electrons. The Morgan fingerprint density at radius 2 is 2.23 bits per heavy atom. The summed E-state index contributed by atoms with van der Waals surface area (Å²) in [5.74, 6) is 5.33. The molecule has 4 nitrogen and oxygen atoms in total. The van der Waals surface area contributed by atoms with Crippen LogP contribution in [0.15, 0.2) is 23.3 Å². The van der Waals surface area contributed by atoms with Gasteiger partial charge in [0.2, 0.25) is 0 Å². The number of nitrogens with two attached hydrogens (primary N) is 2. The fourth-order valence-electron chi connectivity index (χ4n) is 1.06. The Bertz CT molecular complexity index is 335. The molecule has 13 heavy (non-hydrogen) atoms.